The molecule has 3 aromatic carbocycles. The van der Waals surface area contributed by atoms with Crippen LogP contribution in [0.4, 0.5) is 0 Å². The van der Waals surface area contributed by atoms with Crippen molar-refractivity contribution in [3.05, 3.63) is 101 Å². The molecule has 5 heteroatoms. The van der Waals surface area contributed by atoms with E-state index in [0.29, 0.717) is 12.3 Å². The Balaban J connectivity index is 1.56. The number of aromatic hydroxyl groups is 1. The molecule has 0 spiro atoms. The molecule has 8 rings (SSSR count). The Labute approximate surface area is 229 Å². The topological polar surface area (TPSA) is 59.0 Å². The van der Waals surface area contributed by atoms with Gasteiger partial charge in [-0.3, -0.25) is 9.69 Å². The number of benzene rings is 3. The number of carbonyl (C=O) groups is 1. The second kappa shape index (κ2) is 9.13. The van der Waals surface area contributed by atoms with E-state index in [-0.39, 0.29) is 17.6 Å². The van der Waals surface area contributed by atoms with Crippen LogP contribution in [-0.4, -0.2) is 49.1 Å². The Morgan fingerprint density at radius 2 is 1.85 bits per heavy atom. The van der Waals surface area contributed by atoms with E-state index in [0.717, 1.165) is 71.7 Å². The quantitative estimate of drug-likeness (QED) is 0.475. The van der Waals surface area contributed by atoms with Crippen LogP contribution in [0.15, 0.2) is 72.8 Å². The molecule has 39 heavy (non-hydrogen) atoms. The zero-order valence-electron chi connectivity index (χ0n) is 22.4. The SMILES string of the molecule is COc1cccc([C@]23C=C4CN(CC[C@@H]5CC=C(C(=O)C5)c5ccc(O)cc54)[C@H]2Cc2cccc(OC)c23)c1. The molecule has 0 amide bonds. The number of methoxy groups -OCH3 is 2. The van der Waals surface area contributed by atoms with E-state index in [9.17, 15) is 9.90 Å². The van der Waals surface area contributed by atoms with Crippen molar-refractivity contribution >= 4 is 16.9 Å². The summed E-state index contributed by atoms with van der Waals surface area (Å²) in [5.74, 6) is 2.47. The highest BCUT2D eigenvalue weighted by molar-refractivity contribution is 6.22. The molecule has 4 bridgehead atoms. The number of allylic oxidation sites excluding steroid dienone is 2. The van der Waals surface area contributed by atoms with Gasteiger partial charge in [0, 0.05) is 30.1 Å². The van der Waals surface area contributed by atoms with Crippen molar-refractivity contribution in [2.75, 3.05) is 27.3 Å². The molecule has 1 unspecified atom stereocenters. The molecule has 5 nitrogen and oxygen atoms in total. The first kappa shape index (κ1) is 24.2. The van der Waals surface area contributed by atoms with Crippen molar-refractivity contribution in [2.45, 2.75) is 37.1 Å². The minimum absolute atomic E-state index is 0.186. The molecular formula is C34H33NO4. The number of carbonyl (C=O) groups excluding carboxylic acids is 1. The van der Waals surface area contributed by atoms with Crippen molar-refractivity contribution < 1.29 is 19.4 Å². The maximum absolute atomic E-state index is 13.3. The van der Waals surface area contributed by atoms with Gasteiger partial charge in [-0.05, 0) is 96.0 Å². The Morgan fingerprint density at radius 1 is 0.974 bits per heavy atom. The number of rotatable bonds is 3. The smallest absolute Gasteiger partial charge is 0.163 e. The van der Waals surface area contributed by atoms with Crippen LogP contribution in [0.25, 0.3) is 11.1 Å². The average Bonchev–Trinajstić information content (AvgIpc) is 3.30. The molecule has 5 aliphatic rings. The summed E-state index contributed by atoms with van der Waals surface area (Å²) < 4.78 is 11.7. The Bertz CT molecular complexity index is 1550. The molecule has 0 saturated heterocycles. The van der Waals surface area contributed by atoms with Crippen LogP contribution in [0.3, 0.4) is 0 Å². The standard InChI is InChI=1S/C34H33NO4/c1-38-26-7-4-6-24(17-26)34-19-23-20-35(32(34)16-22-5-3-8-31(39-2)33(22)34)14-13-21-9-11-28(30(37)15-21)27-12-10-25(36)18-29(23)27/h3-8,10-12,17-19,21,32,36H,9,13-16,20H2,1-2H3/t21-,32-,34+/m0/s1. The van der Waals surface area contributed by atoms with Crippen LogP contribution in [0.5, 0.6) is 17.2 Å². The lowest BCUT2D eigenvalue weighted by Crippen LogP contribution is -2.52. The predicted octanol–water partition coefficient (Wildman–Crippen LogP) is 5.79. The normalized spacial score (nSPS) is 26.9. The van der Waals surface area contributed by atoms with Gasteiger partial charge in [-0.2, -0.15) is 0 Å². The summed E-state index contributed by atoms with van der Waals surface area (Å²) in [6.45, 7) is 1.66. The molecule has 0 aromatic heterocycles. The number of ether oxygens (including phenoxy) is 2. The summed E-state index contributed by atoms with van der Waals surface area (Å²) in [5, 5.41) is 10.7. The minimum atomic E-state index is -0.488. The first-order valence-electron chi connectivity index (χ1n) is 13.9. The van der Waals surface area contributed by atoms with E-state index in [1.54, 1.807) is 20.3 Å². The van der Waals surface area contributed by atoms with E-state index >= 15 is 0 Å². The van der Waals surface area contributed by atoms with Gasteiger partial charge in [0.05, 0.1) is 19.6 Å². The van der Waals surface area contributed by atoms with Crippen LogP contribution in [0.2, 0.25) is 0 Å². The summed E-state index contributed by atoms with van der Waals surface area (Å²) in [7, 11) is 3.46. The molecule has 0 fully saturated rings. The second-order valence-electron chi connectivity index (χ2n) is 11.3. The van der Waals surface area contributed by atoms with Crippen LogP contribution in [0, 0.1) is 5.92 Å². The van der Waals surface area contributed by atoms with E-state index < -0.39 is 5.41 Å². The van der Waals surface area contributed by atoms with Crippen LogP contribution in [0.1, 0.15) is 47.1 Å². The molecule has 3 aromatic rings. The number of nitrogens with zero attached hydrogens (tertiary/aromatic N) is 1. The molecule has 0 radical (unpaired) electrons. The number of fused-ring (bicyclic) bond motifs is 6. The summed E-state index contributed by atoms with van der Waals surface area (Å²) >= 11 is 0. The van der Waals surface area contributed by atoms with Crippen LogP contribution >= 0.6 is 0 Å². The highest BCUT2D eigenvalue weighted by Crippen LogP contribution is 2.55. The van der Waals surface area contributed by atoms with Gasteiger partial charge in [0.2, 0.25) is 0 Å². The lowest BCUT2D eigenvalue weighted by Gasteiger charge is -2.46. The monoisotopic (exact) mass is 519 g/mol. The lowest BCUT2D eigenvalue weighted by atomic mass is 9.68. The Kier molecular flexibility index (Phi) is 5.67. The van der Waals surface area contributed by atoms with E-state index in [1.807, 2.05) is 18.2 Å². The van der Waals surface area contributed by atoms with Crippen molar-refractivity contribution in [1.29, 1.82) is 0 Å². The van der Waals surface area contributed by atoms with Crippen molar-refractivity contribution in [3.8, 4) is 17.2 Å². The molecule has 4 atom stereocenters. The van der Waals surface area contributed by atoms with E-state index in [4.69, 9.17) is 9.47 Å². The zero-order chi connectivity index (χ0) is 26.7. The fourth-order valence-corrected chi connectivity index (χ4v) is 7.57. The average molecular weight is 520 g/mol. The fraction of sp³-hybridized carbons (Fsp3) is 0.324. The van der Waals surface area contributed by atoms with Crippen molar-refractivity contribution in [2.24, 2.45) is 5.92 Å². The van der Waals surface area contributed by atoms with Gasteiger partial charge < -0.3 is 14.6 Å². The van der Waals surface area contributed by atoms with Gasteiger partial charge in [-0.15, -0.1) is 0 Å². The number of phenolic OH excluding ortho intramolecular Hbond substituents is 1. The molecule has 3 aliphatic heterocycles. The van der Waals surface area contributed by atoms with E-state index in [1.165, 1.54) is 11.1 Å². The summed E-state index contributed by atoms with van der Waals surface area (Å²) in [5.41, 5.74) is 6.93. The number of hydrogen-bond donors (Lipinski definition) is 1. The number of Topliss-reactive ketones (excluding diaryl/α,β-unsaturated/α-hetero) is 1. The van der Waals surface area contributed by atoms with Crippen molar-refractivity contribution in [3.63, 3.8) is 0 Å². The Morgan fingerprint density at radius 3 is 2.67 bits per heavy atom. The summed E-state index contributed by atoms with van der Waals surface area (Å²) in [6, 6.07) is 20.5. The van der Waals surface area contributed by atoms with Gasteiger partial charge in [0.25, 0.3) is 0 Å². The Hall–Kier alpha value is -3.83. The fourth-order valence-electron chi connectivity index (χ4n) is 7.57. The van der Waals surface area contributed by atoms with Gasteiger partial charge in [-0.1, -0.05) is 36.4 Å². The van der Waals surface area contributed by atoms with Gasteiger partial charge in [-0.25, -0.2) is 0 Å². The van der Waals surface area contributed by atoms with Gasteiger partial charge in [0.1, 0.15) is 17.2 Å². The highest BCUT2D eigenvalue weighted by Gasteiger charge is 2.53. The number of phenols is 1. The van der Waals surface area contributed by atoms with Gasteiger partial charge >= 0.3 is 0 Å². The zero-order valence-corrected chi connectivity index (χ0v) is 22.4. The summed E-state index contributed by atoms with van der Waals surface area (Å²) in [4.78, 5) is 16.0. The second-order valence-corrected chi connectivity index (χ2v) is 11.3. The third kappa shape index (κ3) is 3.67. The molecule has 1 N–H and O–H groups in total. The number of hydrogen-bond acceptors (Lipinski definition) is 5. The molecule has 0 saturated carbocycles. The largest absolute Gasteiger partial charge is 0.508 e. The molecule has 2 aliphatic carbocycles. The predicted molar refractivity (Wildman–Crippen MR) is 152 cm³/mol. The van der Waals surface area contributed by atoms with Crippen molar-refractivity contribution in [1.82, 2.24) is 4.90 Å². The maximum Gasteiger partial charge on any atom is 0.163 e. The minimum Gasteiger partial charge on any atom is -0.508 e. The molecule has 3 heterocycles. The van der Waals surface area contributed by atoms with E-state index in [2.05, 4.69) is 53.5 Å². The van der Waals surface area contributed by atoms with Crippen LogP contribution < -0.4 is 9.47 Å². The molecule has 198 valence electrons. The number of ketones is 1. The van der Waals surface area contributed by atoms with Gasteiger partial charge in [0.15, 0.2) is 5.78 Å². The highest BCUT2D eigenvalue weighted by atomic mass is 16.5. The first-order valence-corrected chi connectivity index (χ1v) is 13.9. The lowest BCUT2D eigenvalue weighted by molar-refractivity contribution is -0.115. The van der Waals surface area contributed by atoms with Crippen LogP contribution in [-0.2, 0) is 16.6 Å². The third-order valence-electron chi connectivity index (χ3n) is 9.34. The maximum atomic E-state index is 13.3. The molecular weight excluding hydrogens is 486 g/mol. The first-order chi connectivity index (χ1) is 19.0. The summed E-state index contributed by atoms with van der Waals surface area (Å²) in [6.07, 6.45) is 7.92. The third-order valence-corrected chi connectivity index (χ3v) is 9.34.